The molecule has 1 fully saturated rings. The lowest BCUT2D eigenvalue weighted by Crippen LogP contribution is -2.57. The first kappa shape index (κ1) is 14.5. The second-order valence-electron chi connectivity index (χ2n) is 5.75. The van der Waals surface area contributed by atoms with E-state index < -0.39 is 0 Å². The molecule has 2 unspecified atom stereocenters. The van der Waals surface area contributed by atoms with Gasteiger partial charge in [0.1, 0.15) is 0 Å². The van der Waals surface area contributed by atoms with Gasteiger partial charge in [-0.25, -0.2) is 0 Å². The molecule has 0 aromatic heterocycles. The molecule has 0 aromatic carbocycles. The van der Waals surface area contributed by atoms with Gasteiger partial charge >= 0.3 is 0 Å². The first-order chi connectivity index (χ1) is 7.88. The number of hydrogen-bond acceptors (Lipinski definition) is 3. The lowest BCUT2D eigenvalue weighted by Gasteiger charge is -2.41. The Morgan fingerprint density at radius 1 is 1.59 bits per heavy atom. The fraction of sp³-hybridized carbons (Fsp3) is 0.923. The first-order valence-electron chi connectivity index (χ1n) is 6.60. The minimum absolute atomic E-state index is 0.0951. The van der Waals surface area contributed by atoms with Crippen LogP contribution in [0.1, 0.15) is 34.1 Å². The van der Waals surface area contributed by atoms with E-state index in [4.69, 9.17) is 0 Å². The summed E-state index contributed by atoms with van der Waals surface area (Å²) in [6.07, 6.45) is 1.08. The van der Waals surface area contributed by atoms with Gasteiger partial charge in [-0.2, -0.15) is 0 Å². The molecule has 1 amide bonds. The van der Waals surface area contributed by atoms with E-state index in [9.17, 15) is 4.79 Å². The summed E-state index contributed by atoms with van der Waals surface area (Å²) >= 11 is 0. The zero-order chi connectivity index (χ0) is 13.1. The van der Waals surface area contributed by atoms with Gasteiger partial charge in [0.05, 0.1) is 6.04 Å². The molecule has 4 nitrogen and oxygen atoms in total. The maximum absolute atomic E-state index is 12.0. The molecule has 1 aliphatic heterocycles. The second-order valence-corrected chi connectivity index (χ2v) is 5.75. The molecule has 0 bridgehead atoms. The highest BCUT2D eigenvalue weighted by Gasteiger charge is 2.34. The zero-order valence-electron chi connectivity index (χ0n) is 11.8. The topological polar surface area (TPSA) is 44.4 Å². The van der Waals surface area contributed by atoms with Gasteiger partial charge in [0.2, 0.25) is 5.91 Å². The number of carbonyl (C=O) groups excluding carboxylic acids is 1. The normalized spacial score (nSPS) is 25.4. The SMILES string of the molecule is CCN(C)C(=O)C(C)NC1CCNCC1(C)C. The van der Waals surface area contributed by atoms with Crippen molar-refractivity contribution < 1.29 is 4.79 Å². The Bertz CT molecular complexity index is 265. The number of hydrogen-bond donors (Lipinski definition) is 2. The lowest BCUT2D eigenvalue weighted by atomic mass is 9.79. The molecule has 100 valence electrons. The van der Waals surface area contributed by atoms with Gasteiger partial charge < -0.3 is 15.5 Å². The molecule has 2 atom stereocenters. The molecule has 1 aliphatic rings. The van der Waals surface area contributed by atoms with Crippen LogP contribution in [0, 0.1) is 5.41 Å². The lowest BCUT2D eigenvalue weighted by molar-refractivity contribution is -0.132. The van der Waals surface area contributed by atoms with Gasteiger partial charge in [-0.3, -0.25) is 4.79 Å². The standard InChI is InChI=1S/C13H27N3O/c1-6-16(5)12(17)10(2)15-11-7-8-14-9-13(11,3)4/h10-11,14-15H,6-9H2,1-5H3. The van der Waals surface area contributed by atoms with Crippen LogP contribution in [0.4, 0.5) is 0 Å². The molecule has 1 rings (SSSR count). The third-order valence-electron chi connectivity index (χ3n) is 3.81. The van der Waals surface area contributed by atoms with E-state index in [0.717, 1.165) is 26.1 Å². The number of carbonyl (C=O) groups is 1. The fourth-order valence-electron chi connectivity index (χ4n) is 2.34. The van der Waals surface area contributed by atoms with Crippen molar-refractivity contribution in [3.63, 3.8) is 0 Å². The van der Waals surface area contributed by atoms with Crippen LogP contribution in [0.15, 0.2) is 0 Å². The van der Waals surface area contributed by atoms with Crippen molar-refractivity contribution in [2.75, 3.05) is 26.7 Å². The molecule has 17 heavy (non-hydrogen) atoms. The summed E-state index contributed by atoms with van der Waals surface area (Å²) in [4.78, 5) is 13.8. The highest BCUT2D eigenvalue weighted by atomic mass is 16.2. The van der Waals surface area contributed by atoms with Gasteiger partial charge in [0, 0.05) is 26.2 Å². The Morgan fingerprint density at radius 3 is 2.76 bits per heavy atom. The largest absolute Gasteiger partial charge is 0.345 e. The minimum Gasteiger partial charge on any atom is -0.345 e. The maximum atomic E-state index is 12.0. The van der Waals surface area contributed by atoms with Crippen LogP contribution in [-0.2, 0) is 4.79 Å². The quantitative estimate of drug-likeness (QED) is 0.766. The van der Waals surface area contributed by atoms with Crippen LogP contribution in [0.3, 0.4) is 0 Å². The summed E-state index contributed by atoms with van der Waals surface area (Å²) in [5, 5.41) is 6.90. The molecule has 0 aliphatic carbocycles. The molecule has 0 spiro atoms. The van der Waals surface area contributed by atoms with Crippen LogP contribution < -0.4 is 10.6 Å². The zero-order valence-corrected chi connectivity index (χ0v) is 11.8. The summed E-state index contributed by atoms with van der Waals surface area (Å²) in [6.45, 7) is 11.3. The van der Waals surface area contributed by atoms with Gasteiger partial charge in [0.15, 0.2) is 0 Å². The van der Waals surface area contributed by atoms with Crippen molar-refractivity contribution in [2.24, 2.45) is 5.41 Å². The molecule has 0 radical (unpaired) electrons. The van der Waals surface area contributed by atoms with E-state index in [0.29, 0.717) is 6.04 Å². The first-order valence-corrected chi connectivity index (χ1v) is 6.60. The average molecular weight is 241 g/mol. The Morgan fingerprint density at radius 2 is 2.24 bits per heavy atom. The van der Waals surface area contributed by atoms with E-state index in [1.165, 1.54) is 0 Å². The Kier molecular flexibility index (Phi) is 4.95. The van der Waals surface area contributed by atoms with Crippen molar-refractivity contribution in [3.8, 4) is 0 Å². The number of nitrogens with zero attached hydrogens (tertiary/aromatic N) is 1. The maximum Gasteiger partial charge on any atom is 0.239 e. The predicted octanol–water partition coefficient (Wildman–Crippen LogP) is 0.831. The van der Waals surface area contributed by atoms with Crippen LogP contribution in [-0.4, -0.2) is 49.6 Å². The average Bonchev–Trinajstić information content (AvgIpc) is 2.29. The van der Waals surface area contributed by atoms with Crippen molar-refractivity contribution in [1.82, 2.24) is 15.5 Å². The van der Waals surface area contributed by atoms with E-state index in [-0.39, 0.29) is 17.4 Å². The highest BCUT2D eigenvalue weighted by molar-refractivity contribution is 5.81. The number of piperidine rings is 1. The fourth-order valence-corrected chi connectivity index (χ4v) is 2.34. The smallest absolute Gasteiger partial charge is 0.239 e. The van der Waals surface area contributed by atoms with Gasteiger partial charge in [-0.05, 0) is 32.2 Å². The summed E-state index contributed by atoms with van der Waals surface area (Å²) < 4.78 is 0. The van der Waals surface area contributed by atoms with E-state index >= 15 is 0 Å². The van der Waals surface area contributed by atoms with Crippen molar-refractivity contribution >= 4 is 5.91 Å². The third kappa shape index (κ3) is 3.68. The minimum atomic E-state index is -0.0951. The number of rotatable bonds is 4. The Hall–Kier alpha value is -0.610. The van der Waals surface area contributed by atoms with E-state index in [1.807, 2.05) is 20.9 Å². The molecular formula is C13H27N3O. The number of likely N-dealkylation sites (N-methyl/N-ethyl adjacent to an activating group) is 1. The highest BCUT2D eigenvalue weighted by Crippen LogP contribution is 2.25. The van der Waals surface area contributed by atoms with Gasteiger partial charge in [-0.1, -0.05) is 13.8 Å². The third-order valence-corrected chi connectivity index (χ3v) is 3.81. The Labute approximate surface area is 105 Å². The van der Waals surface area contributed by atoms with Crippen LogP contribution in [0.2, 0.25) is 0 Å². The number of nitrogens with one attached hydrogen (secondary N) is 2. The summed E-state index contributed by atoms with van der Waals surface area (Å²) in [7, 11) is 1.86. The van der Waals surface area contributed by atoms with Crippen molar-refractivity contribution in [1.29, 1.82) is 0 Å². The molecule has 0 saturated carbocycles. The summed E-state index contributed by atoms with van der Waals surface area (Å²) in [5.74, 6) is 0.182. The predicted molar refractivity (Wildman–Crippen MR) is 71.0 cm³/mol. The van der Waals surface area contributed by atoms with Crippen molar-refractivity contribution in [3.05, 3.63) is 0 Å². The summed E-state index contributed by atoms with van der Waals surface area (Å²) in [6, 6.07) is 0.315. The molecule has 4 heteroatoms. The van der Waals surface area contributed by atoms with Crippen molar-refractivity contribution in [2.45, 2.75) is 46.2 Å². The van der Waals surface area contributed by atoms with Gasteiger partial charge in [-0.15, -0.1) is 0 Å². The monoisotopic (exact) mass is 241 g/mol. The molecule has 2 N–H and O–H groups in total. The molecular weight excluding hydrogens is 214 g/mol. The molecule has 1 heterocycles. The summed E-state index contributed by atoms with van der Waals surface area (Å²) in [5.41, 5.74) is 0.206. The van der Waals surface area contributed by atoms with Crippen LogP contribution >= 0.6 is 0 Å². The number of amides is 1. The molecule has 1 saturated heterocycles. The van der Waals surface area contributed by atoms with E-state index in [2.05, 4.69) is 24.5 Å². The second kappa shape index (κ2) is 5.83. The molecule has 0 aromatic rings. The van der Waals surface area contributed by atoms with Crippen LogP contribution in [0.5, 0.6) is 0 Å². The van der Waals surface area contributed by atoms with Crippen LogP contribution in [0.25, 0.3) is 0 Å². The van der Waals surface area contributed by atoms with Gasteiger partial charge in [0.25, 0.3) is 0 Å². The van der Waals surface area contributed by atoms with E-state index in [1.54, 1.807) is 4.90 Å². The Balaban J connectivity index is 2.55.